The lowest BCUT2D eigenvalue weighted by atomic mass is 10.1. The minimum Gasteiger partial charge on any atom is -0.342 e. The van der Waals surface area contributed by atoms with Crippen LogP contribution in [0.15, 0.2) is 40.4 Å². The van der Waals surface area contributed by atoms with Crippen LogP contribution in [-0.4, -0.2) is 68.4 Å². The molecule has 9 heteroatoms. The Morgan fingerprint density at radius 2 is 2.00 bits per heavy atom. The van der Waals surface area contributed by atoms with Crippen LogP contribution in [0.4, 0.5) is 5.82 Å². The van der Waals surface area contributed by atoms with Crippen LogP contribution in [-0.2, 0) is 4.79 Å². The van der Waals surface area contributed by atoms with Gasteiger partial charge in [0.2, 0.25) is 5.91 Å². The van der Waals surface area contributed by atoms with Crippen LogP contribution >= 0.6 is 23.4 Å². The van der Waals surface area contributed by atoms with E-state index in [0.717, 1.165) is 73.5 Å². The minimum atomic E-state index is 0.187. The number of carbonyl (C=O) groups excluding carboxylic acids is 1. The lowest BCUT2D eigenvalue weighted by Crippen LogP contribution is -2.43. The number of amidine groups is 2. The Morgan fingerprint density at radius 3 is 2.83 bits per heavy atom. The van der Waals surface area contributed by atoms with Crippen molar-refractivity contribution in [3.05, 3.63) is 41.0 Å². The highest BCUT2D eigenvalue weighted by atomic mass is 35.5. The summed E-state index contributed by atoms with van der Waals surface area (Å²) < 4.78 is 1.79. The second kappa shape index (κ2) is 8.43. The monoisotopic (exact) mass is 442 g/mol. The van der Waals surface area contributed by atoms with E-state index in [-0.39, 0.29) is 5.91 Å². The van der Waals surface area contributed by atoms with Crippen LogP contribution in [0.1, 0.15) is 31.2 Å². The van der Waals surface area contributed by atoms with E-state index in [1.165, 1.54) is 18.2 Å². The van der Waals surface area contributed by atoms with Gasteiger partial charge in [-0.05, 0) is 43.9 Å². The van der Waals surface area contributed by atoms with Gasteiger partial charge in [-0.1, -0.05) is 29.4 Å². The Bertz CT molecular complexity index is 1030. The molecule has 0 radical (unpaired) electrons. The van der Waals surface area contributed by atoms with Gasteiger partial charge in [-0.15, -0.1) is 0 Å². The van der Waals surface area contributed by atoms with Gasteiger partial charge >= 0.3 is 0 Å². The number of hydrogen-bond donors (Lipinski definition) is 0. The number of rotatable bonds is 3. The Kier molecular flexibility index (Phi) is 5.52. The molecule has 4 heterocycles. The number of aromatic nitrogens is 2. The molecule has 1 aromatic heterocycles. The maximum atomic E-state index is 12.7. The minimum absolute atomic E-state index is 0.187. The van der Waals surface area contributed by atoms with Gasteiger partial charge in [0, 0.05) is 31.2 Å². The molecular formula is C21H23ClN6OS. The molecule has 3 aliphatic rings. The normalized spacial score (nSPS) is 18.4. The van der Waals surface area contributed by atoms with E-state index >= 15 is 0 Å². The third kappa shape index (κ3) is 3.74. The summed E-state index contributed by atoms with van der Waals surface area (Å²) >= 11 is 7.68. The topological polar surface area (TPSA) is 66.1 Å². The van der Waals surface area contributed by atoms with Crippen molar-refractivity contribution in [2.24, 2.45) is 9.98 Å². The third-order valence-electron chi connectivity index (χ3n) is 5.56. The van der Waals surface area contributed by atoms with Gasteiger partial charge in [0.05, 0.1) is 23.2 Å². The summed E-state index contributed by atoms with van der Waals surface area (Å²) in [6, 6.07) is 7.56. The molecular weight excluding hydrogens is 420 g/mol. The van der Waals surface area contributed by atoms with E-state index in [0.29, 0.717) is 10.8 Å². The summed E-state index contributed by atoms with van der Waals surface area (Å²) in [7, 11) is 0. The van der Waals surface area contributed by atoms with Gasteiger partial charge in [-0.25, -0.2) is 9.67 Å². The number of halogens is 1. The molecule has 0 aliphatic carbocycles. The second-order valence-electron chi connectivity index (χ2n) is 7.61. The second-order valence-corrected chi connectivity index (χ2v) is 8.99. The van der Waals surface area contributed by atoms with Crippen molar-refractivity contribution in [1.82, 2.24) is 19.6 Å². The van der Waals surface area contributed by atoms with Gasteiger partial charge in [-0.2, -0.15) is 5.10 Å². The van der Waals surface area contributed by atoms with Crippen LogP contribution in [0.5, 0.6) is 0 Å². The van der Waals surface area contributed by atoms with Crippen molar-refractivity contribution in [3.63, 3.8) is 0 Å². The molecule has 0 saturated carbocycles. The van der Waals surface area contributed by atoms with Gasteiger partial charge < -0.3 is 9.80 Å². The van der Waals surface area contributed by atoms with E-state index in [1.54, 1.807) is 4.68 Å². The van der Waals surface area contributed by atoms with Gasteiger partial charge in [0.1, 0.15) is 5.84 Å². The Hall–Kier alpha value is -2.32. The highest BCUT2D eigenvalue weighted by Gasteiger charge is 2.32. The van der Waals surface area contributed by atoms with Crippen molar-refractivity contribution in [2.75, 3.05) is 31.9 Å². The molecule has 156 valence electrons. The number of piperidine rings is 1. The average Bonchev–Trinajstić information content (AvgIpc) is 3.22. The molecule has 0 unspecified atom stereocenters. The molecule has 0 atom stereocenters. The van der Waals surface area contributed by atoms with Crippen LogP contribution < -0.4 is 0 Å². The predicted octanol–water partition coefficient (Wildman–Crippen LogP) is 3.72. The molecule has 1 aromatic carbocycles. The van der Waals surface area contributed by atoms with Crippen LogP contribution in [0.25, 0.3) is 5.69 Å². The summed E-state index contributed by atoms with van der Waals surface area (Å²) in [5, 5.41) is 6.03. The zero-order chi connectivity index (χ0) is 20.5. The molecule has 5 rings (SSSR count). The van der Waals surface area contributed by atoms with E-state index in [2.05, 4.69) is 10.00 Å². The number of benzene rings is 1. The fraction of sp³-hybridized carbons (Fsp3) is 0.429. The summed E-state index contributed by atoms with van der Waals surface area (Å²) in [5.41, 5.74) is 1.77. The van der Waals surface area contributed by atoms with Gasteiger partial charge in [0.25, 0.3) is 0 Å². The quantitative estimate of drug-likeness (QED) is 0.726. The average molecular weight is 443 g/mol. The van der Waals surface area contributed by atoms with E-state index < -0.39 is 0 Å². The van der Waals surface area contributed by atoms with E-state index in [4.69, 9.17) is 21.6 Å². The largest absolute Gasteiger partial charge is 0.342 e. The van der Waals surface area contributed by atoms with Gasteiger partial charge in [0.15, 0.2) is 11.0 Å². The molecule has 0 bridgehead atoms. The Balaban J connectivity index is 1.45. The van der Waals surface area contributed by atoms with Crippen molar-refractivity contribution < 1.29 is 4.79 Å². The summed E-state index contributed by atoms with van der Waals surface area (Å²) in [4.78, 5) is 26.5. The molecule has 0 spiro atoms. The summed E-state index contributed by atoms with van der Waals surface area (Å²) in [6.45, 7) is 3.38. The number of carbonyl (C=O) groups is 1. The Labute approximate surface area is 184 Å². The van der Waals surface area contributed by atoms with Gasteiger partial charge in [-0.3, -0.25) is 9.79 Å². The summed E-state index contributed by atoms with van der Waals surface area (Å²) in [5.74, 6) is 2.21. The first-order valence-electron chi connectivity index (χ1n) is 10.4. The number of aliphatic imine (C=N–C) groups is 2. The number of likely N-dealkylation sites (tertiary alicyclic amines) is 1. The smallest absolute Gasteiger partial charge is 0.233 e. The SMILES string of the molecule is O=C(CSC1=Nc2c(cnn2-c2cccc(Cl)c2)C2=NCCCN12)N1CCCCC1. The maximum Gasteiger partial charge on any atom is 0.233 e. The number of thioether (sulfide) groups is 1. The number of amides is 1. The Morgan fingerprint density at radius 1 is 1.13 bits per heavy atom. The number of hydrogen-bond acceptors (Lipinski definition) is 6. The van der Waals surface area contributed by atoms with Crippen LogP contribution in [0.3, 0.4) is 0 Å². The first-order valence-corrected chi connectivity index (χ1v) is 11.7. The maximum absolute atomic E-state index is 12.7. The zero-order valence-electron chi connectivity index (χ0n) is 16.6. The van der Waals surface area contributed by atoms with E-state index in [1.807, 2.05) is 35.4 Å². The lowest BCUT2D eigenvalue weighted by molar-refractivity contribution is -0.129. The standard InChI is InChI=1S/C21H23ClN6OS/c22-15-6-4-7-16(12-15)28-20-17(13-24-28)19-23-8-5-11-27(19)21(25-20)30-14-18(29)26-9-2-1-3-10-26/h4,6-7,12-13H,1-3,5,8-11,14H2. The molecule has 1 amide bonds. The van der Waals surface area contributed by atoms with Crippen molar-refractivity contribution in [3.8, 4) is 5.69 Å². The van der Waals surface area contributed by atoms with Crippen molar-refractivity contribution in [2.45, 2.75) is 25.7 Å². The summed E-state index contributed by atoms with van der Waals surface area (Å²) in [6.07, 6.45) is 6.20. The predicted molar refractivity (Wildman–Crippen MR) is 121 cm³/mol. The molecule has 2 aromatic rings. The third-order valence-corrected chi connectivity index (χ3v) is 6.76. The first-order chi connectivity index (χ1) is 14.7. The fourth-order valence-electron chi connectivity index (χ4n) is 4.05. The highest BCUT2D eigenvalue weighted by molar-refractivity contribution is 8.14. The number of fused-ring (bicyclic) bond motifs is 3. The zero-order valence-corrected chi connectivity index (χ0v) is 18.2. The molecule has 7 nitrogen and oxygen atoms in total. The first kappa shape index (κ1) is 19.6. The molecule has 3 aliphatic heterocycles. The van der Waals surface area contributed by atoms with E-state index in [9.17, 15) is 4.79 Å². The van der Waals surface area contributed by atoms with Crippen LogP contribution in [0.2, 0.25) is 5.02 Å². The molecule has 1 fully saturated rings. The van der Waals surface area contributed by atoms with Crippen molar-refractivity contribution >= 4 is 46.1 Å². The molecule has 1 saturated heterocycles. The molecule has 30 heavy (non-hydrogen) atoms. The highest BCUT2D eigenvalue weighted by Crippen LogP contribution is 2.33. The molecule has 0 N–H and O–H groups in total. The lowest BCUT2D eigenvalue weighted by Gasteiger charge is -2.33. The van der Waals surface area contributed by atoms with Crippen LogP contribution in [0, 0.1) is 0 Å². The fourth-order valence-corrected chi connectivity index (χ4v) is 5.15. The number of nitrogens with zero attached hydrogens (tertiary/aromatic N) is 6. The van der Waals surface area contributed by atoms with Crippen molar-refractivity contribution in [1.29, 1.82) is 0 Å².